The van der Waals surface area contributed by atoms with Gasteiger partial charge in [0.05, 0.1) is 11.1 Å². The van der Waals surface area contributed by atoms with Crippen LogP contribution in [0.2, 0.25) is 5.02 Å². The van der Waals surface area contributed by atoms with Crippen molar-refractivity contribution in [3.05, 3.63) is 64.2 Å². The fraction of sp³-hybridized carbons (Fsp3) is 0.250. The van der Waals surface area contributed by atoms with Crippen LogP contribution < -0.4 is 4.74 Å². The van der Waals surface area contributed by atoms with Gasteiger partial charge in [0.15, 0.2) is 0 Å². The van der Waals surface area contributed by atoms with Gasteiger partial charge < -0.3 is 9.84 Å². The molecule has 2 nitrogen and oxygen atoms in total. The van der Waals surface area contributed by atoms with Crippen LogP contribution in [0.15, 0.2) is 42.5 Å². The smallest absolute Gasteiger partial charge is 0.138 e. The lowest BCUT2D eigenvalue weighted by molar-refractivity contribution is 0.199. The van der Waals surface area contributed by atoms with Crippen LogP contribution in [-0.4, -0.2) is 5.11 Å². The van der Waals surface area contributed by atoms with Gasteiger partial charge in [0.2, 0.25) is 0 Å². The van der Waals surface area contributed by atoms with Gasteiger partial charge in [-0.25, -0.2) is 0 Å². The van der Waals surface area contributed by atoms with E-state index in [2.05, 4.69) is 6.07 Å². The van der Waals surface area contributed by atoms with E-state index in [1.54, 1.807) is 19.1 Å². The van der Waals surface area contributed by atoms with Crippen molar-refractivity contribution < 1.29 is 9.84 Å². The molecule has 0 aliphatic carbocycles. The third-order valence-corrected chi connectivity index (χ3v) is 3.21. The summed E-state index contributed by atoms with van der Waals surface area (Å²) in [6, 6.07) is 13.5. The number of aryl methyl sites for hydroxylation is 1. The SMILES string of the molecule is Cc1cccc(COc2ccc([C@@H](C)O)cc2Cl)c1. The number of hydrogen-bond donors (Lipinski definition) is 1. The fourth-order valence-corrected chi connectivity index (χ4v) is 2.10. The van der Waals surface area contributed by atoms with E-state index in [1.807, 2.05) is 31.2 Å². The Morgan fingerprint density at radius 2 is 2.00 bits per heavy atom. The minimum Gasteiger partial charge on any atom is -0.487 e. The van der Waals surface area contributed by atoms with Crippen molar-refractivity contribution >= 4 is 11.6 Å². The summed E-state index contributed by atoms with van der Waals surface area (Å²) in [5.41, 5.74) is 3.10. The highest BCUT2D eigenvalue weighted by Gasteiger charge is 2.06. The van der Waals surface area contributed by atoms with Crippen LogP contribution in [0.5, 0.6) is 5.75 Å². The summed E-state index contributed by atoms with van der Waals surface area (Å²) in [7, 11) is 0. The van der Waals surface area contributed by atoms with Crippen molar-refractivity contribution in [1.29, 1.82) is 0 Å². The van der Waals surface area contributed by atoms with Crippen molar-refractivity contribution in [1.82, 2.24) is 0 Å². The van der Waals surface area contributed by atoms with E-state index in [0.29, 0.717) is 17.4 Å². The van der Waals surface area contributed by atoms with E-state index in [9.17, 15) is 5.11 Å². The molecular weight excluding hydrogens is 260 g/mol. The average molecular weight is 277 g/mol. The molecule has 0 saturated heterocycles. The maximum atomic E-state index is 9.48. The van der Waals surface area contributed by atoms with Gasteiger partial charge in [-0.15, -0.1) is 0 Å². The van der Waals surface area contributed by atoms with Gasteiger partial charge in [0.25, 0.3) is 0 Å². The summed E-state index contributed by atoms with van der Waals surface area (Å²) >= 11 is 6.13. The zero-order valence-electron chi connectivity index (χ0n) is 11.1. The van der Waals surface area contributed by atoms with E-state index in [4.69, 9.17) is 16.3 Å². The maximum absolute atomic E-state index is 9.48. The molecule has 2 aromatic carbocycles. The number of ether oxygens (including phenoxy) is 1. The van der Waals surface area contributed by atoms with Crippen molar-refractivity contribution in [3.63, 3.8) is 0 Å². The highest BCUT2D eigenvalue weighted by atomic mass is 35.5. The zero-order chi connectivity index (χ0) is 13.8. The molecule has 0 fully saturated rings. The molecule has 0 bridgehead atoms. The molecule has 0 saturated carbocycles. The predicted octanol–water partition coefficient (Wildman–Crippen LogP) is 4.28. The van der Waals surface area contributed by atoms with Crippen LogP contribution in [0.25, 0.3) is 0 Å². The third kappa shape index (κ3) is 3.72. The number of benzene rings is 2. The molecule has 0 radical (unpaired) electrons. The minimum absolute atomic E-state index is 0.482. The normalized spacial score (nSPS) is 12.2. The van der Waals surface area contributed by atoms with Crippen LogP contribution in [0.4, 0.5) is 0 Å². The Morgan fingerprint density at radius 3 is 2.63 bits per heavy atom. The summed E-state index contributed by atoms with van der Waals surface area (Å²) in [6.45, 7) is 4.24. The third-order valence-electron chi connectivity index (χ3n) is 2.92. The largest absolute Gasteiger partial charge is 0.487 e. The first-order valence-corrected chi connectivity index (χ1v) is 6.60. The number of hydrogen-bond acceptors (Lipinski definition) is 2. The summed E-state index contributed by atoms with van der Waals surface area (Å²) < 4.78 is 5.70. The molecule has 1 atom stereocenters. The maximum Gasteiger partial charge on any atom is 0.138 e. The van der Waals surface area contributed by atoms with Crippen LogP contribution in [0, 0.1) is 6.92 Å². The number of aliphatic hydroxyl groups excluding tert-OH is 1. The van der Waals surface area contributed by atoms with Gasteiger partial charge in [-0.2, -0.15) is 0 Å². The van der Waals surface area contributed by atoms with Crippen LogP contribution in [-0.2, 0) is 6.61 Å². The molecule has 0 amide bonds. The standard InChI is InChI=1S/C16H17ClO2/c1-11-4-3-5-13(8-11)10-19-16-7-6-14(12(2)18)9-15(16)17/h3-9,12,18H,10H2,1-2H3/t12-/m1/s1. The molecule has 3 heteroatoms. The van der Waals surface area contributed by atoms with Gasteiger partial charge in [-0.3, -0.25) is 0 Å². The minimum atomic E-state index is -0.525. The Bertz CT molecular complexity index is 564. The van der Waals surface area contributed by atoms with Crippen molar-refractivity contribution in [2.45, 2.75) is 26.6 Å². The molecule has 0 aromatic heterocycles. The van der Waals surface area contributed by atoms with Gasteiger partial charge in [-0.1, -0.05) is 47.5 Å². The molecule has 0 aliphatic heterocycles. The first-order valence-electron chi connectivity index (χ1n) is 6.22. The van der Waals surface area contributed by atoms with Crippen LogP contribution in [0.3, 0.4) is 0 Å². The topological polar surface area (TPSA) is 29.5 Å². The Kier molecular flexibility index (Phi) is 4.46. The summed E-state index contributed by atoms with van der Waals surface area (Å²) in [4.78, 5) is 0. The van der Waals surface area contributed by atoms with Gasteiger partial charge in [0, 0.05) is 0 Å². The second kappa shape index (κ2) is 6.09. The summed E-state index contributed by atoms with van der Waals surface area (Å²) in [5.74, 6) is 0.632. The lowest BCUT2D eigenvalue weighted by Crippen LogP contribution is -1.97. The Balaban J connectivity index is 2.07. The summed E-state index contributed by atoms with van der Waals surface area (Å²) in [5, 5.41) is 10.00. The second-order valence-electron chi connectivity index (χ2n) is 4.64. The van der Waals surface area contributed by atoms with E-state index in [-0.39, 0.29) is 0 Å². The molecule has 0 unspecified atom stereocenters. The van der Waals surface area contributed by atoms with Crippen LogP contribution >= 0.6 is 11.6 Å². The van der Waals surface area contributed by atoms with Crippen molar-refractivity contribution in [3.8, 4) is 5.75 Å². The van der Waals surface area contributed by atoms with E-state index < -0.39 is 6.10 Å². The van der Waals surface area contributed by atoms with Gasteiger partial charge in [-0.05, 0) is 37.1 Å². The average Bonchev–Trinajstić information content (AvgIpc) is 2.37. The summed E-state index contributed by atoms with van der Waals surface area (Å²) in [6.07, 6.45) is -0.525. The number of aliphatic hydroxyl groups is 1. The molecule has 2 aromatic rings. The molecular formula is C16H17ClO2. The predicted molar refractivity (Wildman–Crippen MR) is 77.6 cm³/mol. The fourth-order valence-electron chi connectivity index (χ4n) is 1.86. The Labute approximate surface area is 118 Å². The molecule has 1 N–H and O–H groups in total. The van der Waals surface area contributed by atoms with Gasteiger partial charge in [0.1, 0.15) is 12.4 Å². The van der Waals surface area contributed by atoms with E-state index >= 15 is 0 Å². The van der Waals surface area contributed by atoms with Gasteiger partial charge >= 0.3 is 0 Å². The lowest BCUT2D eigenvalue weighted by Gasteiger charge is -2.11. The molecule has 19 heavy (non-hydrogen) atoms. The van der Waals surface area contributed by atoms with E-state index in [1.165, 1.54) is 5.56 Å². The zero-order valence-corrected chi connectivity index (χ0v) is 11.8. The highest BCUT2D eigenvalue weighted by molar-refractivity contribution is 6.32. The number of rotatable bonds is 4. The lowest BCUT2D eigenvalue weighted by atomic mass is 10.1. The molecule has 100 valence electrons. The van der Waals surface area contributed by atoms with Crippen LogP contribution in [0.1, 0.15) is 29.7 Å². The first-order chi connectivity index (χ1) is 9.06. The quantitative estimate of drug-likeness (QED) is 0.903. The second-order valence-corrected chi connectivity index (χ2v) is 5.05. The van der Waals surface area contributed by atoms with E-state index in [0.717, 1.165) is 11.1 Å². The molecule has 2 rings (SSSR count). The molecule has 0 heterocycles. The molecule has 0 aliphatic rings. The van der Waals surface area contributed by atoms with Crippen molar-refractivity contribution in [2.75, 3.05) is 0 Å². The monoisotopic (exact) mass is 276 g/mol. The Morgan fingerprint density at radius 1 is 1.21 bits per heavy atom. The Hall–Kier alpha value is -1.51. The highest BCUT2D eigenvalue weighted by Crippen LogP contribution is 2.28. The van der Waals surface area contributed by atoms with Crippen molar-refractivity contribution in [2.24, 2.45) is 0 Å². The molecule has 0 spiro atoms. The first kappa shape index (κ1) is 13.9. The number of halogens is 1.